The molecule has 0 saturated heterocycles. The van der Waals surface area contributed by atoms with Crippen LogP contribution in [0.3, 0.4) is 0 Å². The van der Waals surface area contributed by atoms with Crippen LogP contribution in [0.4, 0.5) is 0 Å². The van der Waals surface area contributed by atoms with Gasteiger partial charge in [-0.15, -0.1) is 11.3 Å². The number of aromatic amines is 1. The topological polar surface area (TPSA) is 66.0 Å². The van der Waals surface area contributed by atoms with Crippen molar-refractivity contribution in [3.63, 3.8) is 0 Å². The molecule has 4 nitrogen and oxygen atoms in total. The van der Waals surface area contributed by atoms with E-state index in [-0.39, 0.29) is 5.69 Å². The number of carboxylic acids is 1. The summed E-state index contributed by atoms with van der Waals surface area (Å²) in [6, 6.07) is 4.05. The van der Waals surface area contributed by atoms with E-state index in [1.165, 1.54) is 4.88 Å². The minimum atomic E-state index is -0.967. The second-order valence-electron chi connectivity index (χ2n) is 3.53. The van der Waals surface area contributed by atoms with Crippen LogP contribution in [0.25, 0.3) is 0 Å². The molecule has 2 N–H and O–H groups in total. The van der Waals surface area contributed by atoms with E-state index in [2.05, 4.69) is 9.97 Å². The number of imidazole rings is 1. The van der Waals surface area contributed by atoms with Crippen molar-refractivity contribution in [3.05, 3.63) is 39.6 Å². The molecule has 16 heavy (non-hydrogen) atoms. The molecule has 0 atom stereocenters. The lowest BCUT2D eigenvalue weighted by molar-refractivity contribution is 0.0689. The number of hydrogen-bond donors (Lipinski definition) is 2. The van der Waals surface area contributed by atoms with Crippen molar-refractivity contribution in [1.29, 1.82) is 0 Å². The molecule has 0 saturated carbocycles. The van der Waals surface area contributed by atoms with E-state index in [1.807, 2.05) is 17.5 Å². The molecular weight excluding hydrogens is 224 g/mol. The number of nitrogens with zero attached hydrogens (tertiary/aromatic N) is 1. The van der Waals surface area contributed by atoms with E-state index < -0.39 is 5.97 Å². The number of aryl methyl sites for hydroxylation is 3. The summed E-state index contributed by atoms with van der Waals surface area (Å²) in [6.45, 7) is 1.76. The van der Waals surface area contributed by atoms with E-state index in [4.69, 9.17) is 5.11 Å². The Morgan fingerprint density at radius 3 is 3.00 bits per heavy atom. The van der Waals surface area contributed by atoms with Crippen molar-refractivity contribution < 1.29 is 9.90 Å². The zero-order chi connectivity index (χ0) is 11.5. The number of nitrogens with one attached hydrogen (secondary N) is 1. The standard InChI is InChI=1S/C11H12N2O2S/c1-7-12-9(10(13-7)11(14)15)5-4-8-3-2-6-16-8/h2-3,6H,4-5H2,1H3,(H,12,13)(H,14,15). The first kappa shape index (κ1) is 10.9. The Kier molecular flexibility index (Phi) is 3.05. The number of carbonyl (C=O) groups is 1. The summed E-state index contributed by atoms with van der Waals surface area (Å²) >= 11 is 1.68. The fraction of sp³-hybridized carbons (Fsp3) is 0.273. The molecule has 0 bridgehead atoms. The lowest BCUT2D eigenvalue weighted by Gasteiger charge is -1.97. The normalized spacial score (nSPS) is 10.6. The quantitative estimate of drug-likeness (QED) is 0.855. The summed E-state index contributed by atoms with van der Waals surface area (Å²) in [6.07, 6.45) is 1.53. The van der Waals surface area contributed by atoms with Gasteiger partial charge in [0.05, 0.1) is 5.69 Å². The number of aromatic carboxylic acids is 1. The van der Waals surface area contributed by atoms with Gasteiger partial charge in [-0.1, -0.05) is 6.07 Å². The monoisotopic (exact) mass is 236 g/mol. The Labute approximate surface area is 97.0 Å². The average molecular weight is 236 g/mol. The molecule has 2 aromatic rings. The first-order valence-corrected chi connectivity index (χ1v) is 5.86. The maximum Gasteiger partial charge on any atom is 0.356 e. The zero-order valence-corrected chi connectivity index (χ0v) is 9.67. The van der Waals surface area contributed by atoms with Crippen molar-refractivity contribution in [2.24, 2.45) is 0 Å². The number of hydrogen-bond acceptors (Lipinski definition) is 3. The Hall–Kier alpha value is -1.62. The van der Waals surface area contributed by atoms with Gasteiger partial charge in [-0.25, -0.2) is 9.78 Å². The molecular formula is C11H12N2O2S. The van der Waals surface area contributed by atoms with Crippen LogP contribution in [0, 0.1) is 6.92 Å². The highest BCUT2D eigenvalue weighted by molar-refractivity contribution is 7.09. The molecule has 0 unspecified atom stereocenters. The molecule has 0 aromatic carbocycles. The molecule has 0 radical (unpaired) electrons. The van der Waals surface area contributed by atoms with Gasteiger partial charge >= 0.3 is 5.97 Å². The first-order chi connectivity index (χ1) is 7.66. The highest BCUT2D eigenvalue weighted by Crippen LogP contribution is 2.14. The second kappa shape index (κ2) is 4.49. The lowest BCUT2D eigenvalue weighted by atomic mass is 10.2. The summed E-state index contributed by atoms with van der Waals surface area (Å²) in [7, 11) is 0. The number of carboxylic acid groups (broad SMARTS) is 1. The van der Waals surface area contributed by atoms with Crippen LogP contribution in [0.1, 0.15) is 26.9 Å². The van der Waals surface area contributed by atoms with Crippen LogP contribution < -0.4 is 0 Å². The first-order valence-electron chi connectivity index (χ1n) is 4.98. The Morgan fingerprint density at radius 2 is 2.38 bits per heavy atom. The van der Waals surface area contributed by atoms with E-state index in [0.29, 0.717) is 17.9 Å². The molecule has 0 amide bonds. The smallest absolute Gasteiger partial charge is 0.356 e. The highest BCUT2D eigenvalue weighted by Gasteiger charge is 2.14. The predicted octanol–water partition coefficient (Wildman–Crippen LogP) is 2.26. The largest absolute Gasteiger partial charge is 0.476 e. The van der Waals surface area contributed by atoms with Gasteiger partial charge in [0, 0.05) is 4.88 Å². The Bertz CT molecular complexity index is 488. The van der Waals surface area contributed by atoms with E-state index >= 15 is 0 Å². The summed E-state index contributed by atoms with van der Waals surface area (Å²) < 4.78 is 0. The molecule has 5 heteroatoms. The van der Waals surface area contributed by atoms with Crippen LogP contribution in [0.15, 0.2) is 17.5 Å². The molecule has 0 aliphatic heterocycles. The SMILES string of the molecule is Cc1nc(C(=O)O)c(CCc2cccs2)[nH]1. The number of rotatable bonds is 4. The molecule has 84 valence electrons. The number of aromatic nitrogens is 2. The Balaban J connectivity index is 2.12. The molecule has 2 rings (SSSR count). The number of H-pyrrole nitrogens is 1. The minimum absolute atomic E-state index is 0.147. The van der Waals surface area contributed by atoms with Crippen LogP contribution in [0.5, 0.6) is 0 Å². The van der Waals surface area contributed by atoms with Crippen molar-refractivity contribution in [2.45, 2.75) is 19.8 Å². The minimum Gasteiger partial charge on any atom is -0.476 e. The third-order valence-electron chi connectivity index (χ3n) is 2.30. The van der Waals surface area contributed by atoms with E-state index in [0.717, 1.165) is 6.42 Å². The van der Waals surface area contributed by atoms with Crippen LogP contribution in [-0.2, 0) is 12.8 Å². The average Bonchev–Trinajstić information content (AvgIpc) is 2.83. The lowest BCUT2D eigenvalue weighted by Crippen LogP contribution is -2.02. The van der Waals surface area contributed by atoms with Crippen molar-refractivity contribution in [3.8, 4) is 0 Å². The third kappa shape index (κ3) is 2.30. The fourth-order valence-corrected chi connectivity index (χ4v) is 2.31. The summed E-state index contributed by atoms with van der Waals surface area (Å²) in [5.41, 5.74) is 0.854. The van der Waals surface area contributed by atoms with Gasteiger partial charge < -0.3 is 10.1 Å². The molecule has 0 fully saturated rings. The molecule has 2 heterocycles. The van der Waals surface area contributed by atoms with Gasteiger partial charge in [-0.3, -0.25) is 0 Å². The van der Waals surface area contributed by atoms with Gasteiger partial charge in [-0.05, 0) is 31.2 Å². The summed E-state index contributed by atoms with van der Waals surface area (Å²) in [4.78, 5) is 19.1. The van der Waals surface area contributed by atoms with E-state index in [9.17, 15) is 4.79 Å². The van der Waals surface area contributed by atoms with Crippen molar-refractivity contribution in [1.82, 2.24) is 9.97 Å². The molecule has 0 spiro atoms. The van der Waals surface area contributed by atoms with Gasteiger partial charge in [0.25, 0.3) is 0 Å². The zero-order valence-electron chi connectivity index (χ0n) is 8.86. The summed E-state index contributed by atoms with van der Waals surface area (Å²) in [5.74, 6) is -0.316. The molecule has 2 aromatic heterocycles. The highest BCUT2D eigenvalue weighted by atomic mass is 32.1. The van der Waals surface area contributed by atoms with Crippen molar-refractivity contribution in [2.75, 3.05) is 0 Å². The van der Waals surface area contributed by atoms with E-state index in [1.54, 1.807) is 18.3 Å². The van der Waals surface area contributed by atoms with Gasteiger partial charge in [0.2, 0.25) is 0 Å². The maximum atomic E-state index is 10.9. The fourth-order valence-electron chi connectivity index (χ4n) is 1.60. The van der Waals surface area contributed by atoms with Crippen LogP contribution in [0.2, 0.25) is 0 Å². The molecule has 0 aliphatic rings. The van der Waals surface area contributed by atoms with Gasteiger partial charge in [-0.2, -0.15) is 0 Å². The van der Waals surface area contributed by atoms with Gasteiger partial charge in [0.15, 0.2) is 5.69 Å². The van der Waals surface area contributed by atoms with Crippen LogP contribution in [-0.4, -0.2) is 21.0 Å². The maximum absolute atomic E-state index is 10.9. The number of thiophene rings is 1. The molecule has 0 aliphatic carbocycles. The summed E-state index contributed by atoms with van der Waals surface area (Å²) in [5, 5.41) is 11.0. The van der Waals surface area contributed by atoms with Crippen LogP contribution >= 0.6 is 11.3 Å². The van der Waals surface area contributed by atoms with Gasteiger partial charge in [0.1, 0.15) is 5.82 Å². The van der Waals surface area contributed by atoms with Crippen molar-refractivity contribution >= 4 is 17.3 Å². The Morgan fingerprint density at radius 1 is 1.56 bits per heavy atom. The second-order valence-corrected chi connectivity index (χ2v) is 4.57. The third-order valence-corrected chi connectivity index (χ3v) is 3.24. The predicted molar refractivity (Wildman–Crippen MR) is 62.0 cm³/mol.